The van der Waals surface area contributed by atoms with E-state index in [1.54, 1.807) is 12.2 Å². The molecule has 1 rings (SSSR count). The summed E-state index contributed by atoms with van der Waals surface area (Å²) in [7, 11) is 0. The molecule has 1 aliphatic rings. The Morgan fingerprint density at radius 2 is 0.880 bits per heavy atom. The van der Waals surface area contributed by atoms with Gasteiger partial charge < -0.3 is 39.0 Å². The maximum atomic E-state index is 13.1. The standard InChI is InChI=1S/C63H98O12/c1-4-7-10-13-16-19-22-24-26-27-28-29-31-32-35-37-40-43-46-49-55(64)71-52-54(73-56(65)50-47-44-41-38-34-21-18-15-12-9-6-3)53-72-63-61(59(68)58(67)60(75-63)62(69)70)74-57(66)51-48-45-42-39-36-33-30-25-23-20-17-14-11-8-5-2/h7-8,10-11,16-17,19-20,24-26,28-30,32,35-36,39,45,48,54,58-61,63,67-68H,4-6,9,12-15,18,21-23,27,31,33-34,37-38,40-44,46-47,49-53H2,1-3H3,(H,69,70)/b10-7-,11-8-,19-16-,20-17-,26-24-,29-28-,30-25-,35-32-,39-36-,48-45-. The predicted octanol–water partition coefficient (Wildman–Crippen LogP) is 14.4. The molecule has 12 nitrogen and oxygen atoms in total. The predicted molar refractivity (Wildman–Crippen MR) is 303 cm³/mol. The highest BCUT2D eigenvalue weighted by molar-refractivity contribution is 5.74. The fraction of sp³-hybridized carbons (Fsp3) is 0.619. The average molecular weight is 1050 g/mol. The van der Waals surface area contributed by atoms with Crippen LogP contribution in [0.4, 0.5) is 0 Å². The summed E-state index contributed by atoms with van der Waals surface area (Å²) in [4.78, 5) is 51.0. The first kappa shape index (κ1) is 68.1. The van der Waals surface area contributed by atoms with Crippen molar-refractivity contribution in [2.45, 2.75) is 237 Å². The quantitative estimate of drug-likeness (QED) is 0.0228. The molecular formula is C63H98O12. The molecule has 0 amide bonds. The van der Waals surface area contributed by atoms with E-state index in [4.69, 9.17) is 23.7 Å². The normalized spacial score (nSPS) is 19.1. The van der Waals surface area contributed by atoms with Crippen LogP contribution in [0.25, 0.3) is 0 Å². The lowest BCUT2D eigenvalue weighted by molar-refractivity contribution is -0.301. The third-order valence-corrected chi connectivity index (χ3v) is 12.1. The monoisotopic (exact) mass is 1050 g/mol. The van der Waals surface area contributed by atoms with Gasteiger partial charge in [0.15, 0.2) is 24.6 Å². The Hall–Kier alpha value is -4.88. The van der Waals surface area contributed by atoms with Crippen molar-refractivity contribution in [2.24, 2.45) is 0 Å². The smallest absolute Gasteiger partial charge is 0.335 e. The minimum Gasteiger partial charge on any atom is -0.479 e. The molecule has 0 saturated carbocycles. The van der Waals surface area contributed by atoms with Crippen molar-refractivity contribution >= 4 is 23.9 Å². The topological polar surface area (TPSA) is 175 Å². The number of carbonyl (C=O) groups excluding carboxylic acids is 3. The lowest BCUT2D eigenvalue weighted by Crippen LogP contribution is -2.61. The van der Waals surface area contributed by atoms with Crippen LogP contribution in [0.15, 0.2) is 122 Å². The molecule has 0 radical (unpaired) electrons. The van der Waals surface area contributed by atoms with Gasteiger partial charge in [0.25, 0.3) is 0 Å². The Balaban J connectivity index is 2.76. The zero-order valence-corrected chi connectivity index (χ0v) is 46.2. The number of rotatable bonds is 46. The Labute approximate surface area is 452 Å². The van der Waals surface area contributed by atoms with E-state index in [1.807, 2.05) is 12.2 Å². The van der Waals surface area contributed by atoms with Crippen LogP contribution in [0.1, 0.15) is 201 Å². The number of aliphatic carboxylic acids is 1. The maximum Gasteiger partial charge on any atom is 0.335 e. The molecular weight excluding hydrogens is 949 g/mol. The zero-order chi connectivity index (χ0) is 54.7. The minimum atomic E-state index is -1.94. The van der Waals surface area contributed by atoms with Crippen LogP contribution >= 0.6 is 0 Å². The van der Waals surface area contributed by atoms with Gasteiger partial charge in [-0.2, -0.15) is 0 Å². The number of hydrogen-bond acceptors (Lipinski definition) is 11. The molecule has 3 N–H and O–H groups in total. The summed E-state index contributed by atoms with van der Waals surface area (Å²) >= 11 is 0. The zero-order valence-electron chi connectivity index (χ0n) is 46.2. The van der Waals surface area contributed by atoms with E-state index in [1.165, 1.54) is 44.9 Å². The highest BCUT2D eigenvalue weighted by Crippen LogP contribution is 2.26. The second-order valence-electron chi connectivity index (χ2n) is 18.8. The summed E-state index contributed by atoms with van der Waals surface area (Å²) in [6.45, 7) is 5.66. The van der Waals surface area contributed by atoms with E-state index in [2.05, 4.69) is 118 Å². The van der Waals surface area contributed by atoms with E-state index in [0.29, 0.717) is 19.3 Å². The van der Waals surface area contributed by atoms with Gasteiger partial charge in [-0.25, -0.2) is 4.79 Å². The Morgan fingerprint density at radius 3 is 1.35 bits per heavy atom. The van der Waals surface area contributed by atoms with Crippen LogP contribution in [0, 0.1) is 0 Å². The summed E-state index contributed by atoms with van der Waals surface area (Å²) in [5, 5.41) is 31.4. The highest BCUT2D eigenvalue weighted by atomic mass is 16.7. The summed E-state index contributed by atoms with van der Waals surface area (Å²) < 4.78 is 28.2. The van der Waals surface area contributed by atoms with Gasteiger partial charge >= 0.3 is 23.9 Å². The van der Waals surface area contributed by atoms with Crippen molar-refractivity contribution in [3.8, 4) is 0 Å². The van der Waals surface area contributed by atoms with Crippen LogP contribution in [0.5, 0.6) is 0 Å². The molecule has 75 heavy (non-hydrogen) atoms. The molecule has 0 spiro atoms. The summed E-state index contributed by atoms with van der Waals surface area (Å²) in [6, 6.07) is 0. The van der Waals surface area contributed by atoms with E-state index < -0.39 is 67.3 Å². The van der Waals surface area contributed by atoms with Gasteiger partial charge in [0.05, 0.1) is 13.0 Å². The van der Waals surface area contributed by atoms with E-state index in [0.717, 1.165) is 96.3 Å². The third kappa shape index (κ3) is 40.1. The first-order valence-corrected chi connectivity index (χ1v) is 28.5. The van der Waals surface area contributed by atoms with Crippen molar-refractivity contribution in [3.63, 3.8) is 0 Å². The van der Waals surface area contributed by atoms with Crippen LogP contribution in [0.2, 0.25) is 0 Å². The molecule has 0 aliphatic carbocycles. The molecule has 0 aromatic carbocycles. The molecule has 0 aromatic rings. The number of aliphatic hydroxyl groups is 2. The number of esters is 3. The molecule has 0 aromatic heterocycles. The summed E-state index contributed by atoms with van der Waals surface area (Å²) in [5.41, 5.74) is 0. The van der Waals surface area contributed by atoms with E-state index in [9.17, 15) is 34.5 Å². The molecule has 422 valence electrons. The van der Waals surface area contributed by atoms with Crippen molar-refractivity contribution < 1.29 is 58.2 Å². The van der Waals surface area contributed by atoms with Crippen LogP contribution < -0.4 is 0 Å². The second-order valence-corrected chi connectivity index (χ2v) is 18.8. The molecule has 1 aliphatic heterocycles. The molecule has 6 atom stereocenters. The Kier molecular flexibility index (Phi) is 45.4. The number of carboxylic acids is 1. The van der Waals surface area contributed by atoms with Crippen LogP contribution in [0.3, 0.4) is 0 Å². The van der Waals surface area contributed by atoms with Crippen molar-refractivity contribution in [2.75, 3.05) is 13.2 Å². The number of carboxylic acid groups (broad SMARTS) is 1. The second kappa shape index (κ2) is 50.0. The van der Waals surface area contributed by atoms with Gasteiger partial charge in [-0.15, -0.1) is 0 Å². The number of allylic oxidation sites excluding steroid dienone is 19. The van der Waals surface area contributed by atoms with Crippen molar-refractivity contribution in [3.05, 3.63) is 122 Å². The summed E-state index contributed by atoms with van der Waals surface area (Å²) in [5.74, 6) is -3.34. The molecule has 1 saturated heterocycles. The Morgan fingerprint density at radius 1 is 0.467 bits per heavy atom. The van der Waals surface area contributed by atoms with Gasteiger partial charge in [0.2, 0.25) is 0 Å². The minimum absolute atomic E-state index is 0.140. The fourth-order valence-corrected chi connectivity index (χ4v) is 7.76. The number of ether oxygens (including phenoxy) is 5. The average Bonchev–Trinajstić information content (AvgIpc) is 3.39. The number of unbranched alkanes of at least 4 members (excludes halogenated alkanes) is 13. The fourth-order valence-electron chi connectivity index (χ4n) is 7.76. The lowest BCUT2D eigenvalue weighted by Gasteiger charge is -2.40. The number of aliphatic hydroxyl groups excluding tert-OH is 2. The van der Waals surface area contributed by atoms with Crippen LogP contribution in [-0.4, -0.2) is 89.2 Å². The largest absolute Gasteiger partial charge is 0.479 e. The number of hydrogen-bond donors (Lipinski definition) is 3. The number of carbonyl (C=O) groups is 4. The summed E-state index contributed by atoms with van der Waals surface area (Å²) in [6.07, 6.45) is 56.3. The first-order valence-electron chi connectivity index (χ1n) is 28.5. The molecule has 1 heterocycles. The van der Waals surface area contributed by atoms with Gasteiger partial charge in [-0.05, 0) is 89.9 Å². The van der Waals surface area contributed by atoms with Crippen molar-refractivity contribution in [1.29, 1.82) is 0 Å². The highest BCUT2D eigenvalue weighted by Gasteiger charge is 2.50. The maximum absolute atomic E-state index is 13.1. The first-order chi connectivity index (χ1) is 36.6. The lowest BCUT2D eigenvalue weighted by atomic mass is 9.98. The SMILES string of the molecule is CC/C=C\C/C=C\C/C=C\C/C=C\C/C=C\CCCCCC(=O)OCC(COC1OC(C(=O)O)C(O)C(O)C1OC(=O)C/C=C\C/C=C\C/C=C\C/C=C\C/C=C\CC)OC(=O)CCCCCCCCCCCCC. The van der Waals surface area contributed by atoms with Crippen LogP contribution in [-0.2, 0) is 42.9 Å². The van der Waals surface area contributed by atoms with Gasteiger partial charge in [0.1, 0.15) is 18.8 Å². The van der Waals surface area contributed by atoms with Crippen molar-refractivity contribution in [1.82, 2.24) is 0 Å². The molecule has 12 heteroatoms. The van der Waals surface area contributed by atoms with Gasteiger partial charge in [-0.1, -0.05) is 213 Å². The molecule has 6 unspecified atom stereocenters. The van der Waals surface area contributed by atoms with Gasteiger partial charge in [-0.3, -0.25) is 14.4 Å². The Bertz CT molecular complexity index is 1770. The van der Waals surface area contributed by atoms with E-state index >= 15 is 0 Å². The van der Waals surface area contributed by atoms with E-state index in [-0.39, 0.29) is 25.9 Å². The third-order valence-electron chi connectivity index (χ3n) is 12.1. The molecule has 0 bridgehead atoms. The van der Waals surface area contributed by atoms with Gasteiger partial charge in [0, 0.05) is 12.8 Å². The molecule has 1 fully saturated rings.